The molecule has 0 aliphatic carbocycles. The number of aryl methyl sites for hydroxylation is 1. The minimum atomic E-state index is -0.242. The maximum absolute atomic E-state index is 12.2. The van der Waals surface area contributed by atoms with Crippen molar-refractivity contribution in [3.8, 4) is 0 Å². The lowest BCUT2D eigenvalue weighted by atomic mass is 9.94. The summed E-state index contributed by atoms with van der Waals surface area (Å²) in [5.41, 5.74) is 1.80. The number of esters is 1. The first-order valence-corrected chi connectivity index (χ1v) is 12.7. The van der Waals surface area contributed by atoms with Gasteiger partial charge in [-0.3, -0.25) is 4.79 Å². The number of carbonyl (C=O) groups excluding carboxylic acids is 1. The van der Waals surface area contributed by atoms with Crippen molar-refractivity contribution in [3.63, 3.8) is 0 Å². The number of nitrogens with zero attached hydrogens (tertiary/aromatic N) is 6. The number of aromatic nitrogens is 6. The largest absolute Gasteiger partial charge is 0.465 e. The summed E-state index contributed by atoms with van der Waals surface area (Å²) in [7, 11) is 0. The molecule has 11 heteroatoms. The molecule has 32 heavy (non-hydrogen) atoms. The van der Waals surface area contributed by atoms with Crippen molar-refractivity contribution >= 4 is 50.7 Å². The molecule has 1 aliphatic heterocycles. The number of unbranched alkanes of at least 4 members (excludes halogenated alkanes) is 2. The molecule has 0 radical (unpaired) electrons. The van der Waals surface area contributed by atoms with Gasteiger partial charge in [-0.15, -0.1) is 26.6 Å². The van der Waals surface area contributed by atoms with Crippen LogP contribution in [0.15, 0.2) is 5.16 Å². The quantitative estimate of drug-likeness (QED) is 0.226. The Morgan fingerprint density at radius 2 is 2.16 bits per heavy atom. The van der Waals surface area contributed by atoms with Crippen LogP contribution in [0.1, 0.15) is 56.3 Å². The molecule has 0 spiro atoms. The normalized spacial score (nSPS) is 15.6. The molecule has 0 N–H and O–H groups in total. The summed E-state index contributed by atoms with van der Waals surface area (Å²) in [4.78, 5) is 19.1. The third-order valence-corrected chi connectivity index (χ3v) is 7.64. The Hall–Kier alpha value is -2.24. The minimum absolute atomic E-state index is 0.185. The van der Waals surface area contributed by atoms with Gasteiger partial charge in [0.15, 0.2) is 10.8 Å². The first kappa shape index (κ1) is 21.6. The zero-order valence-electron chi connectivity index (χ0n) is 18.7. The Bertz CT molecular complexity index is 1320. The first-order valence-electron chi connectivity index (χ1n) is 10.8. The summed E-state index contributed by atoms with van der Waals surface area (Å²) in [6.07, 6.45) is 3.84. The summed E-state index contributed by atoms with van der Waals surface area (Å²) in [6.45, 7) is 9.24. The van der Waals surface area contributed by atoms with Crippen molar-refractivity contribution in [1.82, 2.24) is 29.2 Å². The maximum Gasteiger partial charge on any atom is 0.316 e. The van der Waals surface area contributed by atoms with E-state index in [0.29, 0.717) is 30.0 Å². The lowest BCUT2D eigenvalue weighted by Crippen LogP contribution is -2.31. The van der Waals surface area contributed by atoms with Crippen LogP contribution in [-0.4, -0.2) is 53.1 Å². The molecule has 0 atom stereocenters. The van der Waals surface area contributed by atoms with E-state index in [0.717, 1.165) is 41.5 Å². The molecule has 4 aromatic rings. The molecule has 0 aromatic carbocycles. The number of carbonyl (C=O) groups is 1. The van der Waals surface area contributed by atoms with Crippen LogP contribution < -0.4 is 0 Å². The average molecular weight is 475 g/mol. The summed E-state index contributed by atoms with van der Waals surface area (Å²) < 4.78 is 15.1. The number of hydrogen-bond donors (Lipinski definition) is 0. The molecular weight excluding hydrogens is 448 g/mol. The highest BCUT2D eigenvalue weighted by atomic mass is 32.2. The predicted molar refractivity (Wildman–Crippen MR) is 123 cm³/mol. The summed E-state index contributed by atoms with van der Waals surface area (Å²) in [5, 5.41) is 15.0. The highest BCUT2D eigenvalue weighted by Gasteiger charge is 2.32. The van der Waals surface area contributed by atoms with Crippen molar-refractivity contribution < 1.29 is 14.3 Å². The highest BCUT2D eigenvalue weighted by molar-refractivity contribution is 7.99. The van der Waals surface area contributed by atoms with Crippen LogP contribution in [0.3, 0.4) is 0 Å². The van der Waals surface area contributed by atoms with Crippen molar-refractivity contribution in [2.24, 2.45) is 0 Å². The third-order valence-electron chi connectivity index (χ3n) is 5.54. The number of thioether (sulfide) groups is 1. The minimum Gasteiger partial charge on any atom is -0.465 e. The lowest BCUT2D eigenvalue weighted by molar-refractivity contribution is -0.140. The molecule has 0 bridgehead atoms. The molecule has 0 saturated carbocycles. The number of thiophene rings is 1. The van der Waals surface area contributed by atoms with Crippen LogP contribution >= 0.6 is 23.1 Å². The number of ether oxygens (including phenoxy) is 2. The van der Waals surface area contributed by atoms with E-state index in [2.05, 4.69) is 36.1 Å². The van der Waals surface area contributed by atoms with E-state index in [9.17, 15) is 4.79 Å². The van der Waals surface area contributed by atoms with Gasteiger partial charge in [-0.25, -0.2) is 9.38 Å². The summed E-state index contributed by atoms with van der Waals surface area (Å²) >= 11 is 3.01. The van der Waals surface area contributed by atoms with Crippen LogP contribution in [0.4, 0.5) is 0 Å². The zero-order chi connectivity index (χ0) is 22.5. The van der Waals surface area contributed by atoms with Gasteiger partial charge in [0.05, 0.1) is 30.0 Å². The standard InChI is InChI=1S/C21H26N6O3S2/c1-5-6-7-8-29-15(28)11-31-20-24-23-19-26(20)18-16(17-22-12(2)25-27(17)19)13-9-21(3,4)30-10-14(13)32-18/h5-11H2,1-4H3. The molecule has 4 aromatic heterocycles. The fourth-order valence-electron chi connectivity index (χ4n) is 4.02. The van der Waals surface area contributed by atoms with Crippen molar-refractivity contribution in [2.75, 3.05) is 12.4 Å². The smallest absolute Gasteiger partial charge is 0.316 e. The van der Waals surface area contributed by atoms with E-state index >= 15 is 0 Å². The molecule has 0 unspecified atom stereocenters. The predicted octanol–water partition coefficient (Wildman–Crippen LogP) is 3.97. The molecule has 5 rings (SSSR count). The summed E-state index contributed by atoms with van der Waals surface area (Å²) in [6, 6.07) is 0. The second-order valence-corrected chi connectivity index (χ2v) is 10.7. The van der Waals surface area contributed by atoms with Gasteiger partial charge in [0, 0.05) is 11.3 Å². The van der Waals surface area contributed by atoms with E-state index < -0.39 is 0 Å². The van der Waals surface area contributed by atoms with E-state index in [1.54, 1.807) is 15.9 Å². The van der Waals surface area contributed by atoms with Gasteiger partial charge in [-0.1, -0.05) is 31.5 Å². The first-order chi connectivity index (χ1) is 15.4. The van der Waals surface area contributed by atoms with Crippen molar-refractivity contribution in [1.29, 1.82) is 0 Å². The van der Waals surface area contributed by atoms with E-state index in [1.165, 1.54) is 22.2 Å². The van der Waals surface area contributed by atoms with Gasteiger partial charge < -0.3 is 9.47 Å². The molecule has 5 heterocycles. The number of rotatable bonds is 7. The van der Waals surface area contributed by atoms with Crippen LogP contribution in [0.2, 0.25) is 0 Å². The highest BCUT2D eigenvalue weighted by Crippen LogP contribution is 2.41. The van der Waals surface area contributed by atoms with E-state index in [1.807, 2.05) is 11.3 Å². The molecule has 170 valence electrons. The molecule has 0 saturated heterocycles. The van der Waals surface area contributed by atoms with E-state index in [-0.39, 0.29) is 17.3 Å². The maximum atomic E-state index is 12.2. The number of fused-ring (bicyclic) bond motifs is 8. The van der Waals surface area contributed by atoms with Gasteiger partial charge in [0.1, 0.15) is 10.7 Å². The van der Waals surface area contributed by atoms with Crippen molar-refractivity contribution in [3.05, 3.63) is 16.3 Å². The zero-order valence-corrected chi connectivity index (χ0v) is 20.3. The lowest BCUT2D eigenvalue weighted by Gasteiger charge is -2.30. The van der Waals surface area contributed by atoms with Gasteiger partial charge in [-0.05, 0) is 32.8 Å². The van der Waals surface area contributed by atoms with Gasteiger partial charge in [-0.2, -0.15) is 4.52 Å². The van der Waals surface area contributed by atoms with Crippen LogP contribution in [0, 0.1) is 6.92 Å². The Kier molecular flexibility index (Phi) is 5.58. The Morgan fingerprint density at radius 1 is 1.31 bits per heavy atom. The Labute approximate surface area is 193 Å². The van der Waals surface area contributed by atoms with Crippen molar-refractivity contribution in [2.45, 2.75) is 70.7 Å². The molecular formula is C21H26N6O3S2. The average Bonchev–Trinajstić information content (AvgIpc) is 3.43. The van der Waals surface area contributed by atoms with Crippen LogP contribution in [-0.2, 0) is 27.3 Å². The fraction of sp³-hybridized carbons (Fsp3) is 0.571. The third kappa shape index (κ3) is 3.75. The number of hydrogen-bond acceptors (Lipinski definition) is 9. The molecule has 0 amide bonds. The molecule has 1 aliphatic rings. The van der Waals surface area contributed by atoms with Gasteiger partial charge >= 0.3 is 5.97 Å². The van der Waals surface area contributed by atoms with Crippen LogP contribution in [0.25, 0.3) is 21.6 Å². The second-order valence-electron chi connectivity index (χ2n) is 8.64. The Morgan fingerprint density at radius 3 is 2.97 bits per heavy atom. The van der Waals surface area contributed by atoms with Crippen LogP contribution in [0.5, 0.6) is 0 Å². The monoisotopic (exact) mass is 474 g/mol. The SMILES string of the molecule is CCCCCOC(=O)CSc1nnc2n3nc(C)nc3c3c4c(sc3n12)COC(C)(C)C4. The van der Waals surface area contributed by atoms with E-state index in [4.69, 9.17) is 14.5 Å². The summed E-state index contributed by atoms with van der Waals surface area (Å²) in [5.74, 6) is 1.21. The second kappa shape index (κ2) is 8.27. The molecule has 0 fully saturated rings. The molecule has 9 nitrogen and oxygen atoms in total. The Balaban J connectivity index is 1.56. The van der Waals surface area contributed by atoms with Gasteiger partial charge in [0.2, 0.25) is 0 Å². The van der Waals surface area contributed by atoms with Gasteiger partial charge in [0.25, 0.3) is 5.78 Å². The topological polar surface area (TPSA) is 95.9 Å². The fourth-order valence-corrected chi connectivity index (χ4v) is 6.03.